The largest absolute Gasteiger partial charge is 0.405 e. The first-order valence-corrected chi connectivity index (χ1v) is 4.42. The van der Waals surface area contributed by atoms with Gasteiger partial charge < -0.3 is 10.6 Å². The molecule has 0 radical (unpaired) electrons. The number of alkyl halides is 3. The SMILES string of the molecule is CCNC(C)CC(=O)NCC(F)(F)F. The Hall–Kier alpha value is -0.780. The monoisotopic (exact) mass is 212 g/mol. The topological polar surface area (TPSA) is 41.1 Å². The van der Waals surface area contributed by atoms with Gasteiger partial charge in [-0.3, -0.25) is 4.79 Å². The normalized spacial score (nSPS) is 13.8. The van der Waals surface area contributed by atoms with Crippen molar-refractivity contribution >= 4 is 5.91 Å². The minimum absolute atomic E-state index is 0.0594. The molecule has 0 spiro atoms. The lowest BCUT2D eigenvalue weighted by Crippen LogP contribution is -2.38. The first-order valence-electron chi connectivity index (χ1n) is 4.42. The van der Waals surface area contributed by atoms with Crippen LogP contribution in [0.2, 0.25) is 0 Å². The van der Waals surface area contributed by atoms with Crippen LogP contribution in [0.5, 0.6) is 0 Å². The molecule has 0 aliphatic rings. The fourth-order valence-corrected chi connectivity index (χ4v) is 0.970. The van der Waals surface area contributed by atoms with Crippen molar-refractivity contribution in [2.75, 3.05) is 13.1 Å². The molecule has 0 rings (SSSR count). The van der Waals surface area contributed by atoms with E-state index in [1.165, 1.54) is 0 Å². The molecule has 0 heterocycles. The number of amides is 1. The van der Waals surface area contributed by atoms with Crippen molar-refractivity contribution < 1.29 is 18.0 Å². The summed E-state index contributed by atoms with van der Waals surface area (Å²) in [5.41, 5.74) is 0. The highest BCUT2D eigenvalue weighted by Crippen LogP contribution is 2.12. The maximum absolute atomic E-state index is 11.7. The summed E-state index contributed by atoms with van der Waals surface area (Å²) in [5.74, 6) is -0.587. The molecule has 0 bridgehead atoms. The molecule has 3 nitrogen and oxygen atoms in total. The minimum Gasteiger partial charge on any atom is -0.347 e. The van der Waals surface area contributed by atoms with Crippen molar-refractivity contribution in [1.29, 1.82) is 0 Å². The summed E-state index contributed by atoms with van der Waals surface area (Å²) in [5, 5.41) is 4.74. The first-order chi connectivity index (χ1) is 6.35. The van der Waals surface area contributed by atoms with E-state index in [2.05, 4.69) is 5.32 Å². The number of hydrogen-bond donors (Lipinski definition) is 2. The van der Waals surface area contributed by atoms with Crippen LogP contribution in [0.4, 0.5) is 13.2 Å². The molecule has 1 amide bonds. The lowest BCUT2D eigenvalue weighted by molar-refractivity contribution is -0.138. The van der Waals surface area contributed by atoms with Gasteiger partial charge in [0.1, 0.15) is 6.54 Å². The molecule has 1 atom stereocenters. The summed E-state index contributed by atoms with van der Waals surface area (Å²) in [6.07, 6.45) is -4.28. The van der Waals surface area contributed by atoms with Crippen molar-refractivity contribution in [2.24, 2.45) is 0 Å². The van der Waals surface area contributed by atoms with E-state index in [-0.39, 0.29) is 12.5 Å². The Morgan fingerprint density at radius 3 is 2.43 bits per heavy atom. The van der Waals surface area contributed by atoms with Crippen LogP contribution in [0.1, 0.15) is 20.3 Å². The van der Waals surface area contributed by atoms with Gasteiger partial charge in [-0.2, -0.15) is 13.2 Å². The van der Waals surface area contributed by atoms with Crippen molar-refractivity contribution in [1.82, 2.24) is 10.6 Å². The van der Waals surface area contributed by atoms with Crippen molar-refractivity contribution in [3.63, 3.8) is 0 Å². The molecule has 0 fully saturated rings. The number of halogens is 3. The van der Waals surface area contributed by atoms with Gasteiger partial charge in [-0.25, -0.2) is 0 Å². The molecular weight excluding hydrogens is 197 g/mol. The van der Waals surface area contributed by atoms with Crippen LogP contribution >= 0.6 is 0 Å². The van der Waals surface area contributed by atoms with Crippen LogP contribution in [0.25, 0.3) is 0 Å². The quantitative estimate of drug-likeness (QED) is 0.715. The maximum atomic E-state index is 11.7. The van der Waals surface area contributed by atoms with E-state index in [1.807, 2.05) is 12.2 Å². The predicted octanol–water partition coefficient (Wildman–Crippen LogP) is 1.05. The molecule has 6 heteroatoms. The van der Waals surface area contributed by atoms with E-state index < -0.39 is 18.6 Å². The summed E-state index contributed by atoms with van der Waals surface area (Å²) in [4.78, 5) is 10.9. The van der Waals surface area contributed by atoms with Crippen LogP contribution in [-0.2, 0) is 4.79 Å². The summed E-state index contributed by atoms with van der Waals surface area (Å²) in [6.45, 7) is 3.04. The Morgan fingerprint density at radius 2 is 2.00 bits per heavy atom. The predicted molar refractivity (Wildman–Crippen MR) is 46.8 cm³/mol. The average Bonchev–Trinajstić information content (AvgIpc) is 2.00. The van der Waals surface area contributed by atoms with E-state index in [0.29, 0.717) is 6.54 Å². The molecule has 0 aliphatic carbocycles. The number of rotatable bonds is 5. The lowest BCUT2D eigenvalue weighted by Gasteiger charge is -2.12. The van der Waals surface area contributed by atoms with E-state index in [9.17, 15) is 18.0 Å². The summed E-state index contributed by atoms with van der Waals surface area (Å²) in [6, 6.07) is -0.103. The molecule has 0 aromatic heterocycles. The van der Waals surface area contributed by atoms with E-state index in [4.69, 9.17) is 0 Å². The summed E-state index contributed by atoms with van der Waals surface area (Å²) < 4.78 is 35.0. The van der Waals surface area contributed by atoms with E-state index in [0.717, 1.165) is 0 Å². The third kappa shape index (κ3) is 7.85. The third-order valence-electron chi connectivity index (χ3n) is 1.53. The van der Waals surface area contributed by atoms with E-state index >= 15 is 0 Å². The standard InChI is InChI=1S/C8H15F3N2O/c1-3-12-6(2)4-7(14)13-5-8(9,10)11/h6,12H,3-5H2,1-2H3,(H,13,14). The van der Waals surface area contributed by atoms with Gasteiger partial charge in [0.15, 0.2) is 0 Å². The molecule has 84 valence electrons. The molecule has 1 unspecified atom stereocenters. The Kier molecular flexibility index (Phi) is 5.52. The second-order valence-corrected chi connectivity index (χ2v) is 3.05. The highest BCUT2D eigenvalue weighted by Gasteiger charge is 2.27. The Morgan fingerprint density at radius 1 is 1.43 bits per heavy atom. The second kappa shape index (κ2) is 5.85. The van der Waals surface area contributed by atoms with Crippen molar-refractivity contribution in [3.05, 3.63) is 0 Å². The Balaban J connectivity index is 3.65. The Bertz CT molecular complexity index is 182. The van der Waals surface area contributed by atoms with Gasteiger partial charge >= 0.3 is 6.18 Å². The Labute approximate surface area is 81.1 Å². The average molecular weight is 212 g/mol. The van der Waals surface area contributed by atoms with Crippen LogP contribution in [0.15, 0.2) is 0 Å². The van der Waals surface area contributed by atoms with Crippen molar-refractivity contribution in [3.8, 4) is 0 Å². The van der Waals surface area contributed by atoms with Crippen LogP contribution in [-0.4, -0.2) is 31.2 Å². The minimum atomic E-state index is -4.34. The first kappa shape index (κ1) is 13.2. The molecule has 0 aliphatic heterocycles. The number of carbonyl (C=O) groups excluding carboxylic acids is 1. The zero-order chi connectivity index (χ0) is 11.2. The molecule has 0 saturated carbocycles. The van der Waals surface area contributed by atoms with Gasteiger partial charge in [0.2, 0.25) is 5.91 Å². The van der Waals surface area contributed by atoms with Gasteiger partial charge in [0.25, 0.3) is 0 Å². The number of carbonyl (C=O) groups is 1. The number of hydrogen-bond acceptors (Lipinski definition) is 2. The second-order valence-electron chi connectivity index (χ2n) is 3.05. The lowest BCUT2D eigenvalue weighted by atomic mass is 10.2. The molecule has 2 N–H and O–H groups in total. The molecule has 14 heavy (non-hydrogen) atoms. The zero-order valence-electron chi connectivity index (χ0n) is 8.24. The van der Waals surface area contributed by atoms with Crippen LogP contribution < -0.4 is 10.6 Å². The van der Waals surface area contributed by atoms with Crippen LogP contribution in [0, 0.1) is 0 Å². The van der Waals surface area contributed by atoms with Gasteiger partial charge in [-0.15, -0.1) is 0 Å². The van der Waals surface area contributed by atoms with E-state index in [1.54, 1.807) is 6.92 Å². The van der Waals surface area contributed by atoms with Gasteiger partial charge in [-0.1, -0.05) is 6.92 Å². The molecular formula is C8H15F3N2O. The molecule has 0 aromatic rings. The fourth-order valence-electron chi connectivity index (χ4n) is 0.970. The maximum Gasteiger partial charge on any atom is 0.405 e. The van der Waals surface area contributed by atoms with Gasteiger partial charge in [0.05, 0.1) is 0 Å². The number of nitrogens with one attached hydrogen (secondary N) is 2. The fraction of sp³-hybridized carbons (Fsp3) is 0.875. The van der Waals surface area contributed by atoms with Crippen LogP contribution in [0.3, 0.4) is 0 Å². The van der Waals surface area contributed by atoms with Gasteiger partial charge in [-0.05, 0) is 13.5 Å². The van der Waals surface area contributed by atoms with Crippen molar-refractivity contribution in [2.45, 2.75) is 32.5 Å². The zero-order valence-corrected chi connectivity index (χ0v) is 8.24. The highest BCUT2D eigenvalue weighted by molar-refractivity contribution is 5.76. The molecule has 0 saturated heterocycles. The highest BCUT2D eigenvalue weighted by atomic mass is 19.4. The smallest absolute Gasteiger partial charge is 0.347 e. The van der Waals surface area contributed by atoms with Gasteiger partial charge in [0, 0.05) is 12.5 Å². The summed E-state index contributed by atoms with van der Waals surface area (Å²) >= 11 is 0. The molecule has 0 aromatic carbocycles. The summed E-state index contributed by atoms with van der Waals surface area (Å²) in [7, 11) is 0. The third-order valence-corrected chi connectivity index (χ3v) is 1.53.